The van der Waals surface area contributed by atoms with Gasteiger partial charge in [0.2, 0.25) is 6.41 Å². The van der Waals surface area contributed by atoms with E-state index in [-0.39, 0.29) is 6.61 Å². The summed E-state index contributed by atoms with van der Waals surface area (Å²) in [6.07, 6.45) is 8.43. The van der Waals surface area contributed by atoms with E-state index in [0.717, 1.165) is 19.3 Å². The summed E-state index contributed by atoms with van der Waals surface area (Å²) >= 11 is 0. The largest absolute Gasteiger partial charge is 0.397 e. The van der Waals surface area contributed by atoms with Crippen LogP contribution in [0, 0.1) is 0 Å². The Balaban J connectivity index is 2.42. The molecule has 0 aromatic rings. The normalized spacial score (nSPS) is 25.9. The minimum Gasteiger partial charge on any atom is -0.394 e. The van der Waals surface area contributed by atoms with Crippen molar-refractivity contribution in [2.75, 3.05) is 13.2 Å². The summed E-state index contributed by atoms with van der Waals surface area (Å²) in [6, 6.07) is -0.933. The quantitative estimate of drug-likeness (QED) is 0.0477. The van der Waals surface area contributed by atoms with Crippen LogP contribution in [0.1, 0.15) is 84.0 Å². The number of rotatable bonds is 22. The van der Waals surface area contributed by atoms with Gasteiger partial charge in [-0.1, -0.05) is 83.3 Å². The molecule has 6 N–H and O–H groups in total. The van der Waals surface area contributed by atoms with E-state index in [4.69, 9.17) is 14.0 Å². The van der Waals surface area contributed by atoms with Crippen molar-refractivity contribution in [1.82, 2.24) is 5.32 Å². The predicted octanol–water partition coefficient (Wildman–Crippen LogP) is 1.36. The molecule has 0 saturated carbocycles. The van der Waals surface area contributed by atoms with E-state index in [0.29, 0.717) is 6.41 Å². The van der Waals surface area contributed by atoms with Gasteiger partial charge in [-0.2, -0.15) is 8.42 Å². The van der Waals surface area contributed by atoms with Crippen LogP contribution in [-0.4, -0.2) is 95.9 Å². The van der Waals surface area contributed by atoms with Gasteiger partial charge in [-0.15, -0.1) is 0 Å². The third kappa shape index (κ3) is 14.3. The lowest BCUT2D eigenvalue weighted by Crippen LogP contribution is -2.61. The van der Waals surface area contributed by atoms with Gasteiger partial charge in [0.1, 0.15) is 24.4 Å². The molecule has 0 spiro atoms. The SMILES string of the molecule is CCCCCCCCCCCCC/C=C/[C@@H](O)[C@H](CO[C@@H]1O[C@H](CO)[C@H](O)[C@H](OS(=O)(=O)O)[C@H]1O)NC=O. The summed E-state index contributed by atoms with van der Waals surface area (Å²) in [7, 11) is -5.05. The van der Waals surface area contributed by atoms with E-state index in [2.05, 4.69) is 16.4 Å². The number of unbranched alkanes of at least 4 members (excludes halogenated alkanes) is 11. The van der Waals surface area contributed by atoms with Crippen molar-refractivity contribution >= 4 is 16.8 Å². The highest BCUT2D eigenvalue weighted by Crippen LogP contribution is 2.25. The second-order valence-corrected chi connectivity index (χ2v) is 10.7. The second kappa shape index (κ2) is 19.8. The van der Waals surface area contributed by atoms with Crippen molar-refractivity contribution in [3.8, 4) is 0 Å². The minimum absolute atomic E-state index is 0.364. The Labute approximate surface area is 226 Å². The van der Waals surface area contributed by atoms with E-state index in [1.807, 2.05) is 6.08 Å². The van der Waals surface area contributed by atoms with E-state index in [9.17, 15) is 33.6 Å². The molecule has 224 valence electrons. The molecule has 7 atom stereocenters. The molecule has 1 rings (SSSR count). The van der Waals surface area contributed by atoms with Gasteiger partial charge in [-0.3, -0.25) is 9.35 Å². The molecule has 0 aromatic heterocycles. The number of hydrogen-bond donors (Lipinski definition) is 6. The van der Waals surface area contributed by atoms with Gasteiger partial charge in [-0.25, -0.2) is 4.18 Å². The first-order chi connectivity index (χ1) is 18.1. The molecule has 13 heteroatoms. The molecule has 0 radical (unpaired) electrons. The number of carbonyl (C=O) groups is 1. The summed E-state index contributed by atoms with van der Waals surface area (Å²) in [5.41, 5.74) is 0. The fourth-order valence-electron chi connectivity index (χ4n) is 4.27. The lowest BCUT2D eigenvalue weighted by Gasteiger charge is -2.41. The number of hydrogen-bond acceptors (Lipinski definition) is 10. The van der Waals surface area contributed by atoms with Gasteiger partial charge in [0.25, 0.3) is 0 Å². The highest BCUT2D eigenvalue weighted by Gasteiger charge is 2.47. The Bertz CT molecular complexity index is 752. The number of amides is 1. The molecule has 0 aromatic carbocycles. The standard InChI is InChI=1S/C25H47NO11S/c1-2-3-4-5-6-7-8-9-10-11-12-13-14-15-20(29)19(26-18-28)17-35-25-23(31)24(37-38(32,33)34)22(30)21(16-27)36-25/h14-15,18-25,27,29-31H,2-13,16-17H2,1H3,(H,26,28)(H,32,33,34)/b15-14+/t19-,20+,21+,22-,23+,24-,25+/m0/s1. The molecule has 1 saturated heterocycles. The lowest BCUT2D eigenvalue weighted by molar-refractivity contribution is -0.298. The summed E-state index contributed by atoms with van der Waals surface area (Å²) in [6.45, 7) is 1.09. The lowest BCUT2D eigenvalue weighted by atomic mass is 9.99. The highest BCUT2D eigenvalue weighted by molar-refractivity contribution is 7.80. The van der Waals surface area contributed by atoms with Crippen LogP contribution in [0.15, 0.2) is 12.2 Å². The first-order valence-corrected chi connectivity index (χ1v) is 14.9. The smallest absolute Gasteiger partial charge is 0.394 e. The summed E-state index contributed by atoms with van der Waals surface area (Å²) in [4.78, 5) is 11.0. The van der Waals surface area contributed by atoms with Crippen molar-refractivity contribution < 1.29 is 51.8 Å². The van der Waals surface area contributed by atoms with Crippen molar-refractivity contribution in [2.24, 2.45) is 0 Å². The molecule has 12 nitrogen and oxygen atoms in total. The third-order valence-electron chi connectivity index (χ3n) is 6.50. The van der Waals surface area contributed by atoms with Gasteiger partial charge in [0, 0.05) is 0 Å². The fraction of sp³-hybridized carbons (Fsp3) is 0.880. The van der Waals surface area contributed by atoms with E-state index in [1.54, 1.807) is 0 Å². The van der Waals surface area contributed by atoms with Gasteiger partial charge >= 0.3 is 10.4 Å². The predicted molar refractivity (Wildman–Crippen MR) is 139 cm³/mol. The minimum atomic E-state index is -5.05. The average Bonchev–Trinajstić information content (AvgIpc) is 2.87. The van der Waals surface area contributed by atoms with Crippen LogP contribution < -0.4 is 5.32 Å². The molecule has 0 bridgehead atoms. The zero-order valence-electron chi connectivity index (χ0n) is 22.3. The number of nitrogens with one attached hydrogen (secondary N) is 1. The van der Waals surface area contributed by atoms with Crippen LogP contribution in [0.3, 0.4) is 0 Å². The zero-order chi connectivity index (χ0) is 28.4. The number of aliphatic hydroxyl groups is 4. The molecule has 1 amide bonds. The van der Waals surface area contributed by atoms with E-state index < -0.39 is 59.9 Å². The van der Waals surface area contributed by atoms with Crippen molar-refractivity contribution in [2.45, 2.75) is 127 Å². The Morgan fingerprint density at radius 1 is 0.974 bits per heavy atom. The van der Waals surface area contributed by atoms with Crippen molar-refractivity contribution in [3.05, 3.63) is 12.2 Å². The molecule has 38 heavy (non-hydrogen) atoms. The first-order valence-electron chi connectivity index (χ1n) is 13.6. The van der Waals surface area contributed by atoms with Crippen molar-refractivity contribution in [1.29, 1.82) is 0 Å². The summed E-state index contributed by atoms with van der Waals surface area (Å²) < 4.78 is 46.1. The Kier molecular flexibility index (Phi) is 18.2. The third-order valence-corrected chi connectivity index (χ3v) is 6.96. The zero-order valence-corrected chi connectivity index (χ0v) is 23.1. The molecular formula is C25H47NO11S. The Hall–Kier alpha value is -1.16. The second-order valence-electron chi connectivity index (χ2n) is 9.66. The molecule has 1 aliphatic rings. The van der Waals surface area contributed by atoms with Crippen LogP contribution in [-0.2, 0) is 28.9 Å². The van der Waals surface area contributed by atoms with Crippen LogP contribution >= 0.6 is 0 Å². The number of aliphatic hydroxyl groups excluding tert-OH is 4. The van der Waals surface area contributed by atoms with Crippen LogP contribution in [0.2, 0.25) is 0 Å². The summed E-state index contributed by atoms with van der Waals surface area (Å²) in [5.74, 6) is 0. The monoisotopic (exact) mass is 569 g/mol. The first kappa shape index (κ1) is 34.9. The highest BCUT2D eigenvalue weighted by atomic mass is 32.3. The van der Waals surface area contributed by atoms with Crippen LogP contribution in [0.4, 0.5) is 0 Å². The Morgan fingerprint density at radius 2 is 1.55 bits per heavy atom. The number of ether oxygens (including phenoxy) is 2. The van der Waals surface area contributed by atoms with Gasteiger partial charge in [-0.05, 0) is 12.8 Å². The molecule has 1 heterocycles. The maximum absolute atomic E-state index is 11.1. The molecular weight excluding hydrogens is 522 g/mol. The molecule has 1 aliphatic heterocycles. The Morgan fingerprint density at radius 3 is 2.08 bits per heavy atom. The molecule has 0 unspecified atom stereocenters. The maximum Gasteiger partial charge on any atom is 0.397 e. The van der Waals surface area contributed by atoms with Gasteiger partial charge in [0.15, 0.2) is 6.29 Å². The maximum atomic E-state index is 11.1. The van der Waals surface area contributed by atoms with Crippen LogP contribution in [0.25, 0.3) is 0 Å². The van der Waals surface area contributed by atoms with E-state index in [1.165, 1.54) is 63.9 Å². The summed E-state index contributed by atoms with van der Waals surface area (Å²) in [5, 5.41) is 42.6. The fourth-order valence-corrected chi connectivity index (χ4v) is 4.78. The van der Waals surface area contributed by atoms with Gasteiger partial charge < -0.3 is 35.2 Å². The topological polar surface area (TPSA) is 192 Å². The molecule has 0 aliphatic carbocycles. The number of carbonyl (C=O) groups excluding carboxylic acids is 1. The van der Waals surface area contributed by atoms with Crippen molar-refractivity contribution in [3.63, 3.8) is 0 Å². The average molecular weight is 570 g/mol. The van der Waals surface area contributed by atoms with Gasteiger partial charge in [0.05, 0.1) is 25.4 Å². The number of allylic oxidation sites excluding steroid dienone is 1. The van der Waals surface area contributed by atoms with E-state index >= 15 is 0 Å². The molecule has 1 fully saturated rings. The van der Waals surface area contributed by atoms with Crippen LogP contribution in [0.5, 0.6) is 0 Å².